The lowest BCUT2D eigenvalue weighted by atomic mass is 10.1. The highest BCUT2D eigenvalue weighted by Gasteiger charge is 2.05. The molecular formula is C17H21NO2. The van der Waals surface area contributed by atoms with Crippen LogP contribution in [0.2, 0.25) is 0 Å². The molecule has 0 aliphatic rings. The molecule has 0 saturated carbocycles. The van der Waals surface area contributed by atoms with Gasteiger partial charge in [-0.3, -0.25) is 0 Å². The maximum Gasteiger partial charge on any atom is 0.123 e. The SMILES string of the molecule is COc1ccc(OCc2ccc(C)cc2)c(CCN)c1. The van der Waals surface area contributed by atoms with Crippen LogP contribution < -0.4 is 15.2 Å². The fraction of sp³-hybridized carbons (Fsp3) is 0.294. The number of rotatable bonds is 6. The Morgan fingerprint density at radius 2 is 1.80 bits per heavy atom. The van der Waals surface area contributed by atoms with Gasteiger partial charge in [0.25, 0.3) is 0 Å². The third kappa shape index (κ3) is 3.75. The van der Waals surface area contributed by atoms with Crippen LogP contribution in [-0.2, 0) is 13.0 Å². The van der Waals surface area contributed by atoms with Gasteiger partial charge in [0.1, 0.15) is 18.1 Å². The van der Waals surface area contributed by atoms with Gasteiger partial charge in [-0.25, -0.2) is 0 Å². The van der Waals surface area contributed by atoms with Crippen molar-refractivity contribution in [3.63, 3.8) is 0 Å². The smallest absolute Gasteiger partial charge is 0.123 e. The van der Waals surface area contributed by atoms with E-state index in [1.54, 1.807) is 7.11 Å². The minimum atomic E-state index is 0.560. The number of aryl methyl sites for hydroxylation is 1. The number of hydrogen-bond donors (Lipinski definition) is 1. The van der Waals surface area contributed by atoms with Crippen molar-refractivity contribution in [1.29, 1.82) is 0 Å². The Balaban J connectivity index is 2.09. The summed E-state index contributed by atoms with van der Waals surface area (Å²) < 4.78 is 11.1. The van der Waals surface area contributed by atoms with Crippen LogP contribution in [0.1, 0.15) is 16.7 Å². The first-order valence-electron chi connectivity index (χ1n) is 6.78. The van der Waals surface area contributed by atoms with Crippen molar-refractivity contribution in [2.75, 3.05) is 13.7 Å². The zero-order valence-electron chi connectivity index (χ0n) is 12.1. The van der Waals surface area contributed by atoms with Crippen LogP contribution in [0.3, 0.4) is 0 Å². The molecule has 0 spiro atoms. The van der Waals surface area contributed by atoms with E-state index < -0.39 is 0 Å². The maximum atomic E-state index is 5.90. The molecule has 2 aromatic rings. The molecule has 0 amide bonds. The van der Waals surface area contributed by atoms with E-state index in [9.17, 15) is 0 Å². The van der Waals surface area contributed by atoms with Crippen molar-refractivity contribution in [3.05, 3.63) is 59.2 Å². The van der Waals surface area contributed by atoms with Crippen molar-refractivity contribution in [1.82, 2.24) is 0 Å². The van der Waals surface area contributed by atoms with E-state index in [2.05, 4.69) is 31.2 Å². The summed E-state index contributed by atoms with van der Waals surface area (Å²) in [6.45, 7) is 3.23. The molecule has 2 N–H and O–H groups in total. The lowest BCUT2D eigenvalue weighted by Gasteiger charge is -2.12. The average Bonchev–Trinajstić information content (AvgIpc) is 2.48. The Labute approximate surface area is 120 Å². The molecule has 106 valence electrons. The van der Waals surface area contributed by atoms with Crippen molar-refractivity contribution in [2.45, 2.75) is 20.0 Å². The summed E-state index contributed by atoms with van der Waals surface area (Å²) in [7, 11) is 1.66. The first-order chi connectivity index (χ1) is 9.72. The number of methoxy groups -OCH3 is 1. The maximum absolute atomic E-state index is 5.90. The van der Waals surface area contributed by atoms with Gasteiger partial charge in [-0.2, -0.15) is 0 Å². The minimum absolute atomic E-state index is 0.560. The first kappa shape index (κ1) is 14.4. The van der Waals surface area contributed by atoms with E-state index in [0.717, 1.165) is 29.0 Å². The van der Waals surface area contributed by atoms with E-state index >= 15 is 0 Å². The van der Waals surface area contributed by atoms with Crippen molar-refractivity contribution in [3.8, 4) is 11.5 Å². The van der Waals surface area contributed by atoms with Gasteiger partial charge in [0.05, 0.1) is 7.11 Å². The molecule has 2 rings (SSSR count). The highest BCUT2D eigenvalue weighted by Crippen LogP contribution is 2.25. The topological polar surface area (TPSA) is 44.5 Å². The zero-order valence-corrected chi connectivity index (χ0v) is 12.1. The third-order valence-electron chi connectivity index (χ3n) is 3.20. The molecule has 0 heterocycles. The lowest BCUT2D eigenvalue weighted by molar-refractivity contribution is 0.302. The minimum Gasteiger partial charge on any atom is -0.497 e. The predicted molar refractivity (Wildman–Crippen MR) is 81.3 cm³/mol. The fourth-order valence-electron chi connectivity index (χ4n) is 2.02. The Kier molecular flexibility index (Phi) is 5.02. The van der Waals surface area contributed by atoms with Crippen molar-refractivity contribution in [2.24, 2.45) is 5.73 Å². The molecule has 0 bridgehead atoms. The molecule has 3 nitrogen and oxygen atoms in total. The third-order valence-corrected chi connectivity index (χ3v) is 3.20. The second-order valence-corrected chi connectivity index (χ2v) is 4.79. The summed E-state index contributed by atoms with van der Waals surface area (Å²) in [6.07, 6.45) is 0.778. The Morgan fingerprint density at radius 3 is 2.45 bits per heavy atom. The lowest BCUT2D eigenvalue weighted by Crippen LogP contribution is -2.06. The van der Waals surface area contributed by atoms with Gasteiger partial charge < -0.3 is 15.2 Å². The second-order valence-electron chi connectivity index (χ2n) is 4.79. The molecule has 3 heteroatoms. The van der Waals surface area contributed by atoms with Gasteiger partial charge in [0.2, 0.25) is 0 Å². The summed E-state index contributed by atoms with van der Waals surface area (Å²) in [5.74, 6) is 1.70. The standard InChI is InChI=1S/C17H21NO2/c1-13-3-5-14(6-4-13)12-20-17-8-7-16(19-2)11-15(17)9-10-18/h3-8,11H,9-10,12,18H2,1-2H3. The molecular weight excluding hydrogens is 250 g/mol. The van der Waals surface area contributed by atoms with E-state index in [-0.39, 0.29) is 0 Å². The summed E-state index contributed by atoms with van der Waals surface area (Å²) in [5, 5.41) is 0. The van der Waals surface area contributed by atoms with Crippen LogP contribution in [-0.4, -0.2) is 13.7 Å². The number of nitrogens with two attached hydrogens (primary N) is 1. The summed E-state index contributed by atoms with van der Waals surface area (Å²) in [5.41, 5.74) is 9.14. The molecule has 0 saturated heterocycles. The quantitative estimate of drug-likeness (QED) is 0.878. The van der Waals surface area contributed by atoms with Gasteiger partial charge >= 0.3 is 0 Å². The van der Waals surface area contributed by atoms with Crippen LogP contribution in [0.15, 0.2) is 42.5 Å². The summed E-state index contributed by atoms with van der Waals surface area (Å²) in [4.78, 5) is 0. The van der Waals surface area contributed by atoms with Gasteiger partial charge in [-0.15, -0.1) is 0 Å². The normalized spacial score (nSPS) is 10.3. The highest BCUT2D eigenvalue weighted by molar-refractivity contribution is 5.40. The second kappa shape index (κ2) is 6.96. The van der Waals surface area contributed by atoms with E-state index in [1.165, 1.54) is 5.56 Å². The Hall–Kier alpha value is -2.00. The molecule has 0 fully saturated rings. The monoisotopic (exact) mass is 271 g/mol. The van der Waals surface area contributed by atoms with Crippen LogP contribution in [0.4, 0.5) is 0 Å². The van der Waals surface area contributed by atoms with Gasteiger partial charge in [-0.05, 0) is 49.2 Å². The molecule has 0 unspecified atom stereocenters. The molecule has 0 aliphatic carbocycles. The van der Waals surface area contributed by atoms with Crippen LogP contribution in [0, 0.1) is 6.92 Å². The predicted octanol–water partition coefficient (Wildman–Crippen LogP) is 3.08. The zero-order chi connectivity index (χ0) is 14.4. The number of hydrogen-bond acceptors (Lipinski definition) is 3. The van der Waals surface area contributed by atoms with Crippen molar-refractivity contribution >= 4 is 0 Å². The van der Waals surface area contributed by atoms with Crippen LogP contribution in [0.25, 0.3) is 0 Å². The Morgan fingerprint density at radius 1 is 1.05 bits per heavy atom. The summed E-state index contributed by atoms with van der Waals surface area (Å²) >= 11 is 0. The summed E-state index contributed by atoms with van der Waals surface area (Å²) in [6, 6.07) is 14.2. The van der Waals surface area contributed by atoms with E-state index in [0.29, 0.717) is 13.2 Å². The largest absolute Gasteiger partial charge is 0.497 e. The highest BCUT2D eigenvalue weighted by atomic mass is 16.5. The number of ether oxygens (including phenoxy) is 2. The molecule has 0 aromatic heterocycles. The van der Waals surface area contributed by atoms with Crippen molar-refractivity contribution < 1.29 is 9.47 Å². The average molecular weight is 271 g/mol. The van der Waals surface area contributed by atoms with Gasteiger partial charge in [0, 0.05) is 0 Å². The van der Waals surface area contributed by atoms with Gasteiger partial charge in [0.15, 0.2) is 0 Å². The fourth-order valence-corrected chi connectivity index (χ4v) is 2.02. The van der Waals surface area contributed by atoms with E-state index in [4.69, 9.17) is 15.2 Å². The molecule has 2 aromatic carbocycles. The molecule has 20 heavy (non-hydrogen) atoms. The van der Waals surface area contributed by atoms with Gasteiger partial charge in [-0.1, -0.05) is 29.8 Å². The van der Waals surface area contributed by atoms with Crippen LogP contribution in [0.5, 0.6) is 11.5 Å². The Bertz CT molecular complexity index is 549. The molecule has 0 aliphatic heterocycles. The first-order valence-corrected chi connectivity index (χ1v) is 6.78. The number of benzene rings is 2. The molecule has 0 atom stereocenters. The van der Waals surface area contributed by atoms with Crippen LogP contribution >= 0.6 is 0 Å². The van der Waals surface area contributed by atoms with E-state index in [1.807, 2.05) is 18.2 Å². The molecule has 0 radical (unpaired) electrons.